The van der Waals surface area contributed by atoms with E-state index < -0.39 is 0 Å². The topological polar surface area (TPSA) is 34.5 Å². The van der Waals surface area contributed by atoms with E-state index in [1.54, 1.807) is 23.8 Å². The molecule has 1 aliphatic carbocycles. The standard InChI is InChI=1S/C31H38BrFN2O2/c1-21-26(15-17-34-16-7-6-10-24(34)18-22-8-4-3-5-9-22)27-20-25(37-2)12-14-30(27)35(21)31(36)23-11-13-29(33)28(32)19-23/h11-14,19-20,22,24H,3-10,15-18H2,1-2H3. The number of hydrogen-bond acceptors (Lipinski definition) is 3. The molecule has 1 saturated carbocycles. The van der Waals surface area contributed by atoms with Crippen LogP contribution in [-0.4, -0.2) is 41.6 Å². The average molecular weight is 570 g/mol. The summed E-state index contributed by atoms with van der Waals surface area (Å²) in [5.74, 6) is 1.16. The molecule has 0 spiro atoms. The van der Waals surface area contributed by atoms with Gasteiger partial charge in [0, 0.05) is 29.2 Å². The molecule has 0 radical (unpaired) electrons. The van der Waals surface area contributed by atoms with Crippen molar-refractivity contribution in [1.82, 2.24) is 9.47 Å². The fourth-order valence-corrected chi connectivity index (χ4v) is 6.99. The zero-order valence-corrected chi connectivity index (χ0v) is 23.7. The third kappa shape index (κ3) is 5.65. The second kappa shape index (κ2) is 11.7. The van der Waals surface area contributed by atoms with E-state index in [2.05, 4.69) is 26.9 Å². The van der Waals surface area contributed by atoms with Crippen molar-refractivity contribution < 1.29 is 13.9 Å². The van der Waals surface area contributed by atoms with Gasteiger partial charge in [0.15, 0.2) is 0 Å². The van der Waals surface area contributed by atoms with Crippen molar-refractivity contribution in [1.29, 1.82) is 0 Å². The molecule has 198 valence electrons. The number of hydrogen-bond donors (Lipinski definition) is 0. The number of benzene rings is 2. The SMILES string of the molecule is COc1ccc2c(c1)c(CCN1CCCCC1CC1CCCCC1)c(C)n2C(=O)c1ccc(F)c(Br)c1. The van der Waals surface area contributed by atoms with Crippen LogP contribution >= 0.6 is 15.9 Å². The summed E-state index contributed by atoms with van der Waals surface area (Å²) in [6.45, 7) is 4.21. The van der Waals surface area contributed by atoms with Gasteiger partial charge < -0.3 is 9.64 Å². The quantitative estimate of drug-likeness (QED) is 0.290. The first-order chi connectivity index (χ1) is 18.0. The molecule has 2 aromatic carbocycles. The molecular formula is C31H38BrFN2O2. The lowest BCUT2D eigenvalue weighted by molar-refractivity contribution is 0.0962. The summed E-state index contributed by atoms with van der Waals surface area (Å²) in [5.41, 5.74) is 3.48. The number of likely N-dealkylation sites (tertiary alicyclic amines) is 1. The minimum atomic E-state index is -0.375. The highest BCUT2D eigenvalue weighted by molar-refractivity contribution is 9.10. The van der Waals surface area contributed by atoms with Gasteiger partial charge >= 0.3 is 0 Å². The smallest absolute Gasteiger partial charge is 0.262 e. The summed E-state index contributed by atoms with van der Waals surface area (Å²) in [5, 5.41) is 1.06. The predicted octanol–water partition coefficient (Wildman–Crippen LogP) is 7.92. The van der Waals surface area contributed by atoms with Gasteiger partial charge in [0.2, 0.25) is 0 Å². The van der Waals surface area contributed by atoms with Crippen molar-refractivity contribution in [2.24, 2.45) is 5.92 Å². The molecule has 1 atom stereocenters. The molecule has 3 aromatic rings. The lowest BCUT2D eigenvalue weighted by Crippen LogP contribution is -2.42. The summed E-state index contributed by atoms with van der Waals surface area (Å²) >= 11 is 3.23. The normalized spacial score (nSPS) is 19.4. The van der Waals surface area contributed by atoms with E-state index in [4.69, 9.17) is 4.74 Å². The number of fused-ring (bicyclic) bond motifs is 1. The lowest BCUT2D eigenvalue weighted by Gasteiger charge is -2.38. The van der Waals surface area contributed by atoms with E-state index in [9.17, 15) is 9.18 Å². The highest BCUT2D eigenvalue weighted by Gasteiger charge is 2.27. The van der Waals surface area contributed by atoms with Crippen LogP contribution in [-0.2, 0) is 6.42 Å². The zero-order valence-electron chi connectivity index (χ0n) is 22.1. The Hall–Kier alpha value is -2.18. The number of methoxy groups -OCH3 is 1. The molecule has 2 heterocycles. The van der Waals surface area contributed by atoms with Crippen LogP contribution in [0.5, 0.6) is 5.75 Å². The van der Waals surface area contributed by atoms with Crippen molar-refractivity contribution in [3.05, 3.63) is 63.5 Å². The molecule has 0 N–H and O–H groups in total. The molecule has 0 bridgehead atoms. The fraction of sp³-hybridized carbons (Fsp3) is 0.516. The summed E-state index contributed by atoms with van der Waals surface area (Å²) in [7, 11) is 1.68. The van der Waals surface area contributed by atoms with Crippen molar-refractivity contribution in [3.63, 3.8) is 0 Å². The van der Waals surface area contributed by atoms with E-state index in [1.807, 2.05) is 19.1 Å². The maximum absolute atomic E-state index is 13.9. The summed E-state index contributed by atoms with van der Waals surface area (Å²) in [4.78, 5) is 16.4. The molecule has 4 nitrogen and oxygen atoms in total. The maximum Gasteiger partial charge on any atom is 0.262 e. The number of carbonyl (C=O) groups is 1. The van der Waals surface area contributed by atoms with Gasteiger partial charge in [0.05, 0.1) is 17.1 Å². The van der Waals surface area contributed by atoms with Gasteiger partial charge in [-0.15, -0.1) is 0 Å². The van der Waals surface area contributed by atoms with Crippen molar-refractivity contribution in [2.45, 2.75) is 77.2 Å². The van der Waals surface area contributed by atoms with Crippen LogP contribution < -0.4 is 4.74 Å². The number of ether oxygens (including phenoxy) is 1. The average Bonchev–Trinajstić information content (AvgIpc) is 3.20. The molecule has 0 amide bonds. The minimum absolute atomic E-state index is 0.146. The molecule has 2 fully saturated rings. The molecule has 6 heteroatoms. The molecule has 37 heavy (non-hydrogen) atoms. The molecule has 5 rings (SSSR count). The monoisotopic (exact) mass is 568 g/mol. The maximum atomic E-state index is 13.9. The van der Waals surface area contributed by atoms with E-state index in [1.165, 1.54) is 76.0 Å². The Morgan fingerprint density at radius 3 is 2.59 bits per heavy atom. The molecule has 2 aliphatic rings. The Morgan fingerprint density at radius 1 is 1.05 bits per heavy atom. The largest absolute Gasteiger partial charge is 0.497 e. The summed E-state index contributed by atoms with van der Waals surface area (Å²) in [6.07, 6.45) is 13.2. The van der Waals surface area contributed by atoms with E-state index in [0.29, 0.717) is 16.1 Å². The van der Waals surface area contributed by atoms with Crippen molar-refractivity contribution in [2.75, 3.05) is 20.2 Å². The van der Waals surface area contributed by atoms with Gasteiger partial charge in [-0.05, 0) is 103 Å². The number of nitrogens with zero attached hydrogens (tertiary/aromatic N) is 2. The molecule has 1 saturated heterocycles. The first kappa shape index (κ1) is 26.4. The van der Waals surface area contributed by atoms with Crippen molar-refractivity contribution in [3.8, 4) is 5.75 Å². The fourth-order valence-electron chi connectivity index (χ4n) is 6.61. The van der Waals surface area contributed by atoms with Crippen LogP contribution in [0.4, 0.5) is 4.39 Å². The Morgan fingerprint density at radius 2 is 1.84 bits per heavy atom. The van der Waals surface area contributed by atoms with Crippen molar-refractivity contribution >= 4 is 32.7 Å². The first-order valence-corrected chi connectivity index (χ1v) is 14.7. The Labute approximate surface area is 228 Å². The molecule has 1 unspecified atom stereocenters. The highest BCUT2D eigenvalue weighted by atomic mass is 79.9. The van der Waals surface area contributed by atoms with Gasteiger partial charge in [-0.2, -0.15) is 0 Å². The van der Waals surface area contributed by atoms with Crippen LogP contribution in [0.2, 0.25) is 0 Å². The minimum Gasteiger partial charge on any atom is -0.497 e. The third-order valence-electron chi connectivity index (χ3n) is 8.64. The van der Waals surface area contributed by atoms with Crippen LogP contribution in [0.15, 0.2) is 40.9 Å². The van der Waals surface area contributed by atoms with Gasteiger partial charge in [-0.3, -0.25) is 9.36 Å². The molecule has 1 aliphatic heterocycles. The zero-order chi connectivity index (χ0) is 25.9. The summed E-state index contributed by atoms with van der Waals surface area (Å²) < 4.78 is 21.5. The number of rotatable bonds is 7. The Bertz CT molecular complexity index is 1260. The first-order valence-electron chi connectivity index (χ1n) is 13.9. The lowest BCUT2D eigenvalue weighted by atomic mass is 9.82. The third-order valence-corrected chi connectivity index (χ3v) is 9.25. The van der Waals surface area contributed by atoms with Gasteiger partial charge in [-0.1, -0.05) is 38.5 Å². The van der Waals surface area contributed by atoms with Crippen LogP contribution in [0.1, 0.15) is 79.4 Å². The van der Waals surface area contributed by atoms with E-state index in [-0.39, 0.29) is 11.7 Å². The number of aromatic nitrogens is 1. The second-order valence-electron chi connectivity index (χ2n) is 10.9. The van der Waals surface area contributed by atoms with Crippen LogP contribution in [0.25, 0.3) is 10.9 Å². The predicted molar refractivity (Wildman–Crippen MR) is 151 cm³/mol. The Kier molecular flexibility index (Phi) is 8.35. The molecular weight excluding hydrogens is 531 g/mol. The number of carbonyl (C=O) groups excluding carboxylic acids is 1. The number of piperidine rings is 1. The van der Waals surface area contributed by atoms with Gasteiger partial charge in [-0.25, -0.2) is 4.39 Å². The van der Waals surface area contributed by atoms with Crippen LogP contribution in [0, 0.1) is 18.7 Å². The Balaban J connectivity index is 1.43. The second-order valence-corrected chi connectivity index (χ2v) is 11.7. The van der Waals surface area contributed by atoms with Crippen LogP contribution in [0.3, 0.4) is 0 Å². The molecule has 1 aromatic heterocycles. The van der Waals surface area contributed by atoms with Gasteiger partial charge in [0.25, 0.3) is 5.91 Å². The van der Waals surface area contributed by atoms with E-state index in [0.717, 1.165) is 41.2 Å². The van der Waals surface area contributed by atoms with Gasteiger partial charge in [0.1, 0.15) is 11.6 Å². The number of halogens is 2. The highest BCUT2D eigenvalue weighted by Crippen LogP contribution is 2.34. The van der Waals surface area contributed by atoms with E-state index >= 15 is 0 Å². The summed E-state index contributed by atoms with van der Waals surface area (Å²) in [6, 6.07) is 11.1.